The van der Waals surface area contributed by atoms with E-state index in [1.807, 2.05) is 48.5 Å². The highest BCUT2D eigenvalue weighted by molar-refractivity contribution is 7.26. The number of aromatic nitrogens is 4. The summed E-state index contributed by atoms with van der Waals surface area (Å²) in [5.41, 5.74) is 6.32. The molecule has 0 saturated carbocycles. The van der Waals surface area contributed by atoms with Gasteiger partial charge in [-0.25, -0.2) is 4.98 Å². The highest BCUT2D eigenvalue weighted by atomic mass is 35.5. The molecule has 9 rings (SSSR count). The van der Waals surface area contributed by atoms with E-state index in [4.69, 9.17) is 26.6 Å². The first kappa shape index (κ1) is 26.1. The van der Waals surface area contributed by atoms with E-state index >= 15 is 0 Å². The molecule has 0 atom stereocenters. The average Bonchev–Trinajstić information content (AvgIpc) is 3.65. The minimum atomic E-state index is 0.577. The third-order valence-electron chi connectivity index (χ3n) is 8.35. The Bertz CT molecular complexity index is 2550. The highest BCUT2D eigenvalue weighted by Gasteiger charge is 2.20. The van der Waals surface area contributed by atoms with Crippen molar-refractivity contribution in [3.8, 4) is 39.9 Å². The summed E-state index contributed by atoms with van der Waals surface area (Å²) < 4.78 is 4.41. The monoisotopic (exact) mass is 614 g/mol. The smallest absolute Gasteiger partial charge is 0.238 e. The van der Waals surface area contributed by atoms with Crippen LogP contribution in [0.1, 0.15) is 0 Å². The number of halogens is 1. The number of hydrogen-bond donors (Lipinski definition) is 0. The average molecular weight is 615 g/mol. The zero-order chi connectivity index (χ0) is 29.9. The molecule has 4 nitrogen and oxygen atoms in total. The minimum Gasteiger partial charge on any atom is -0.278 e. The van der Waals surface area contributed by atoms with Gasteiger partial charge in [0.25, 0.3) is 0 Å². The summed E-state index contributed by atoms with van der Waals surface area (Å²) in [6.07, 6.45) is 0. The van der Waals surface area contributed by atoms with Gasteiger partial charge in [-0.3, -0.25) is 4.57 Å². The third kappa shape index (κ3) is 4.24. The molecule has 0 aliphatic carbocycles. The van der Waals surface area contributed by atoms with E-state index in [9.17, 15) is 0 Å². The van der Waals surface area contributed by atoms with Gasteiger partial charge in [0.1, 0.15) is 0 Å². The largest absolute Gasteiger partial charge is 0.278 e. The van der Waals surface area contributed by atoms with Crippen LogP contribution in [0.5, 0.6) is 0 Å². The third-order valence-corrected chi connectivity index (χ3v) is 9.87. The second-order valence-corrected chi connectivity index (χ2v) is 12.5. The van der Waals surface area contributed by atoms with Gasteiger partial charge in [-0.15, -0.1) is 11.3 Å². The number of para-hydroxylation sites is 1. The summed E-state index contributed by atoms with van der Waals surface area (Å²) in [4.78, 5) is 15.4. The van der Waals surface area contributed by atoms with Gasteiger partial charge in [0, 0.05) is 47.1 Å². The summed E-state index contributed by atoms with van der Waals surface area (Å²) in [5, 5.41) is 5.21. The lowest BCUT2D eigenvalue weighted by molar-refractivity contribution is 0.954. The molecule has 9 aromatic rings. The van der Waals surface area contributed by atoms with E-state index in [0.717, 1.165) is 58.1 Å². The van der Waals surface area contributed by atoms with Crippen molar-refractivity contribution < 1.29 is 0 Å². The van der Waals surface area contributed by atoms with Crippen LogP contribution in [0.3, 0.4) is 0 Å². The first-order valence-electron chi connectivity index (χ1n) is 14.7. The number of nitrogens with zero attached hydrogens (tertiary/aromatic N) is 4. The maximum Gasteiger partial charge on any atom is 0.238 e. The van der Waals surface area contributed by atoms with Gasteiger partial charge < -0.3 is 0 Å². The molecule has 0 aliphatic rings. The molecule has 3 aromatic heterocycles. The van der Waals surface area contributed by atoms with Crippen molar-refractivity contribution in [3.05, 3.63) is 145 Å². The lowest BCUT2D eigenvalue weighted by atomic mass is 10.0. The van der Waals surface area contributed by atoms with Crippen molar-refractivity contribution in [2.75, 3.05) is 0 Å². The van der Waals surface area contributed by atoms with E-state index in [1.54, 1.807) is 11.3 Å². The molecule has 0 saturated heterocycles. The molecular formula is C39H23ClN4S. The molecule has 0 unspecified atom stereocenters. The molecule has 0 aliphatic heterocycles. The van der Waals surface area contributed by atoms with Gasteiger partial charge >= 0.3 is 0 Å². The fourth-order valence-electron chi connectivity index (χ4n) is 6.28. The van der Waals surface area contributed by atoms with Crippen molar-refractivity contribution in [1.29, 1.82) is 0 Å². The predicted octanol–water partition coefficient (Wildman–Crippen LogP) is 11.0. The first-order chi connectivity index (χ1) is 22.2. The summed E-state index contributed by atoms with van der Waals surface area (Å²) >= 11 is 8.41. The highest BCUT2D eigenvalue weighted by Crippen LogP contribution is 2.42. The number of hydrogen-bond acceptors (Lipinski definition) is 4. The number of rotatable bonds is 4. The van der Waals surface area contributed by atoms with E-state index in [1.165, 1.54) is 11.1 Å². The zero-order valence-corrected chi connectivity index (χ0v) is 25.4. The van der Waals surface area contributed by atoms with E-state index in [-0.39, 0.29) is 0 Å². The van der Waals surface area contributed by atoms with Gasteiger partial charge in [-0.05, 0) is 47.5 Å². The Labute approximate surface area is 267 Å². The Hall–Kier alpha value is -5.36. The van der Waals surface area contributed by atoms with Crippen molar-refractivity contribution in [1.82, 2.24) is 19.5 Å². The number of benzene rings is 6. The van der Waals surface area contributed by atoms with Crippen molar-refractivity contribution in [2.24, 2.45) is 0 Å². The second kappa shape index (κ2) is 10.4. The molecule has 3 heterocycles. The van der Waals surface area contributed by atoms with Crippen LogP contribution in [0, 0.1) is 0 Å². The van der Waals surface area contributed by atoms with Crippen LogP contribution in [0.25, 0.3) is 81.8 Å². The van der Waals surface area contributed by atoms with Crippen LogP contribution in [-0.2, 0) is 0 Å². The lowest BCUT2D eigenvalue weighted by Gasteiger charge is -2.11. The minimum absolute atomic E-state index is 0.577. The fraction of sp³-hybridized carbons (Fsp3) is 0. The SMILES string of the molecule is Clc1cccc2sc3c(-c4nc(-c5ccccc5)nc(-n5c6ccccc6c6cc(-c7ccccc7)ccc65)n4)cccc3c12. The molecule has 212 valence electrons. The van der Waals surface area contributed by atoms with Gasteiger partial charge in [-0.1, -0.05) is 115 Å². The molecular weight excluding hydrogens is 592 g/mol. The van der Waals surface area contributed by atoms with Crippen molar-refractivity contribution in [3.63, 3.8) is 0 Å². The standard InChI is InChI=1S/C39H23ClN4S/c40-31-18-10-20-34-35(31)28-16-9-17-29(36(28)45-34)38-41-37(25-13-5-2-6-14-25)42-39(43-38)44-32-19-8-7-15-27(32)30-23-26(21-22-33(30)44)24-11-3-1-4-12-24/h1-23H. The Balaban J connectivity index is 1.34. The summed E-state index contributed by atoms with van der Waals surface area (Å²) in [5.74, 6) is 1.83. The first-order valence-corrected chi connectivity index (χ1v) is 15.9. The molecule has 0 amide bonds. The molecule has 0 bridgehead atoms. The molecule has 6 aromatic carbocycles. The van der Waals surface area contributed by atoms with E-state index < -0.39 is 0 Å². The zero-order valence-electron chi connectivity index (χ0n) is 23.9. The molecule has 0 spiro atoms. The Kier molecular flexibility index (Phi) is 6.01. The van der Waals surface area contributed by atoms with E-state index in [2.05, 4.69) is 95.6 Å². The predicted molar refractivity (Wildman–Crippen MR) is 188 cm³/mol. The van der Waals surface area contributed by atoms with Crippen LogP contribution in [0.15, 0.2) is 140 Å². The summed E-state index contributed by atoms with van der Waals surface area (Å²) in [6, 6.07) is 48.0. The van der Waals surface area contributed by atoms with Gasteiger partial charge in [0.05, 0.1) is 11.0 Å². The Morgan fingerprint density at radius 1 is 0.511 bits per heavy atom. The van der Waals surface area contributed by atoms with Crippen LogP contribution in [0.4, 0.5) is 0 Å². The Morgan fingerprint density at radius 3 is 2.04 bits per heavy atom. The van der Waals surface area contributed by atoms with Crippen LogP contribution in [0.2, 0.25) is 5.02 Å². The molecule has 6 heteroatoms. The van der Waals surface area contributed by atoms with Crippen molar-refractivity contribution >= 4 is 64.9 Å². The second-order valence-electron chi connectivity index (χ2n) is 11.0. The maximum absolute atomic E-state index is 6.70. The normalized spacial score (nSPS) is 11.7. The fourth-order valence-corrected chi connectivity index (χ4v) is 7.85. The number of thiophene rings is 1. The molecule has 0 fully saturated rings. The van der Waals surface area contributed by atoms with Gasteiger partial charge in [-0.2, -0.15) is 9.97 Å². The van der Waals surface area contributed by atoms with Crippen LogP contribution < -0.4 is 0 Å². The molecule has 45 heavy (non-hydrogen) atoms. The van der Waals surface area contributed by atoms with Gasteiger partial charge in [0.2, 0.25) is 5.95 Å². The quantitative estimate of drug-likeness (QED) is 0.198. The molecule has 0 radical (unpaired) electrons. The van der Waals surface area contributed by atoms with Crippen molar-refractivity contribution in [2.45, 2.75) is 0 Å². The lowest BCUT2D eigenvalue weighted by Crippen LogP contribution is -2.06. The van der Waals surface area contributed by atoms with E-state index in [0.29, 0.717) is 17.6 Å². The number of fused-ring (bicyclic) bond motifs is 6. The van der Waals surface area contributed by atoms with Crippen LogP contribution >= 0.6 is 22.9 Å². The molecule has 0 N–H and O–H groups in total. The Morgan fingerprint density at radius 2 is 1.20 bits per heavy atom. The summed E-state index contributed by atoms with van der Waals surface area (Å²) in [6.45, 7) is 0. The summed E-state index contributed by atoms with van der Waals surface area (Å²) in [7, 11) is 0. The topological polar surface area (TPSA) is 43.6 Å². The van der Waals surface area contributed by atoms with Gasteiger partial charge in [0.15, 0.2) is 11.6 Å². The maximum atomic E-state index is 6.70. The van der Waals surface area contributed by atoms with Crippen LogP contribution in [-0.4, -0.2) is 19.5 Å².